The number of hydrogen-bond donors (Lipinski definition) is 2. The standard InChI is InChI=1S/C34H39ClFN5O2/c35-27-13-25(8-9-28(27)36)39-33-26-14-30(40-32(42)5-4-12-41-18-23-6-7-24(23)19-41)31(15-29(26)37-21-38-33)43-20-22-16-34(17-22)10-2-1-3-11-34/h4-5,8-9,13-15,21-24H,1-3,6-7,10-12,16-20H2,(H,40,42)(H,37,38,39)/b5-4+. The second kappa shape index (κ2) is 12.0. The van der Waals surface area contributed by atoms with Crippen molar-refractivity contribution in [2.75, 3.05) is 36.9 Å². The third kappa shape index (κ3) is 6.22. The molecule has 1 saturated heterocycles. The minimum Gasteiger partial charge on any atom is -0.491 e. The van der Waals surface area contributed by atoms with Crippen LogP contribution in [0.4, 0.5) is 21.6 Å². The Kier molecular flexibility index (Phi) is 7.99. The maximum Gasteiger partial charge on any atom is 0.248 e. The first kappa shape index (κ1) is 28.5. The fourth-order valence-corrected chi connectivity index (χ4v) is 7.98. The number of hydrogen-bond acceptors (Lipinski definition) is 6. The highest BCUT2D eigenvalue weighted by atomic mass is 35.5. The molecule has 2 N–H and O–H groups in total. The van der Waals surface area contributed by atoms with E-state index < -0.39 is 5.82 Å². The maximum atomic E-state index is 13.7. The van der Waals surface area contributed by atoms with Gasteiger partial charge in [0.15, 0.2) is 0 Å². The molecule has 7 rings (SSSR count). The van der Waals surface area contributed by atoms with Crippen molar-refractivity contribution in [3.05, 3.63) is 59.7 Å². The first-order valence-corrected chi connectivity index (χ1v) is 16.1. The molecule has 43 heavy (non-hydrogen) atoms. The van der Waals surface area contributed by atoms with Crippen LogP contribution in [0.3, 0.4) is 0 Å². The Labute approximate surface area is 257 Å². The summed E-state index contributed by atoms with van der Waals surface area (Å²) >= 11 is 6.01. The zero-order chi connectivity index (χ0) is 29.4. The van der Waals surface area contributed by atoms with Crippen LogP contribution >= 0.6 is 11.6 Å². The fourth-order valence-electron chi connectivity index (χ4n) is 7.80. The molecular weight excluding hydrogens is 565 g/mol. The Morgan fingerprint density at radius 1 is 1.09 bits per heavy atom. The Morgan fingerprint density at radius 2 is 1.88 bits per heavy atom. The predicted octanol–water partition coefficient (Wildman–Crippen LogP) is 7.74. The van der Waals surface area contributed by atoms with Crippen molar-refractivity contribution in [1.82, 2.24) is 14.9 Å². The fraction of sp³-hybridized carbons (Fsp3) is 0.500. The lowest BCUT2D eigenvalue weighted by molar-refractivity contribution is -0.111. The van der Waals surface area contributed by atoms with Crippen LogP contribution in [-0.4, -0.2) is 47.0 Å². The highest BCUT2D eigenvalue weighted by molar-refractivity contribution is 6.31. The molecule has 226 valence electrons. The van der Waals surface area contributed by atoms with Crippen molar-refractivity contribution in [1.29, 1.82) is 0 Å². The summed E-state index contributed by atoms with van der Waals surface area (Å²) in [6.07, 6.45) is 16.9. The number of rotatable bonds is 9. The van der Waals surface area contributed by atoms with Gasteiger partial charge in [0.25, 0.3) is 0 Å². The van der Waals surface area contributed by atoms with Gasteiger partial charge < -0.3 is 15.4 Å². The lowest BCUT2D eigenvalue weighted by atomic mass is 9.56. The second-order valence-electron chi connectivity index (χ2n) is 13.2. The summed E-state index contributed by atoms with van der Waals surface area (Å²) in [6.45, 7) is 3.67. The molecule has 3 aliphatic carbocycles. The van der Waals surface area contributed by atoms with E-state index in [-0.39, 0.29) is 10.9 Å². The average molecular weight is 604 g/mol. The molecule has 2 atom stereocenters. The normalized spacial score (nSPS) is 23.2. The van der Waals surface area contributed by atoms with Gasteiger partial charge in [0.1, 0.15) is 23.7 Å². The van der Waals surface area contributed by atoms with Gasteiger partial charge in [0, 0.05) is 42.9 Å². The summed E-state index contributed by atoms with van der Waals surface area (Å²) in [5.74, 6) is 2.65. The number of halogens is 2. The highest BCUT2D eigenvalue weighted by Gasteiger charge is 2.44. The number of benzene rings is 2. The number of nitrogens with one attached hydrogen (secondary N) is 2. The van der Waals surface area contributed by atoms with Crippen molar-refractivity contribution >= 4 is 45.6 Å². The van der Waals surface area contributed by atoms with Gasteiger partial charge in [0.2, 0.25) is 5.91 Å². The minimum absolute atomic E-state index is 0.0198. The Hall–Kier alpha value is -3.23. The highest BCUT2D eigenvalue weighted by Crippen LogP contribution is 2.55. The maximum absolute atomic E-state index is 13.7. The molecule has 3 saturated carbocycles. The molecule has 3 aromatic rings. The SMILES string of the molecule is O=C(/C=C/CN1CC2CCC2C1)Nc1cc2c(Nc3ccc(F)c(Cl)c3)ncnc2cc1OCC1CC2(CCCCC2)C1. The van der Waals surface area contributed by atoms with E-state index in [0.717, 1.165) is 31.5 Å². The molecule has 2 heterocycles. The van der Waals surface area contributed by atoms with Gasteiger partial charge in [0.05, 0.1) is 22.8 Å². The van der Waals surface area contributed by atoms with Crippen LogP contribution in [0.25, 0.3) is 10.9 Å². The van der Waals surface area contributed by atoms with E-state index >= 15 is 0 Å². The average Bonchev–Trinajstić information content (AvgIpc) is 3.26. The summed E-state index contributed by atoms with van der Waals surface area (Å²) in [5.41, 5.74) is 2.37. The van der Waals surface area contributed by atoms with Crippen molar-refractivity contribution < 1.29 is 13.9 Å². The van der Waals surface area contributed by atoms with Crippen molar-refractivity contribution in [3.63, 3.8) is 0 Å². The lowest BCUT2D eigenvalue weighted by Gasteiger charge is -2.50. The van der Waals surface area contributed by atoms with Crippen LogP contribution in [0.5, 0.6) is 5.75 Å². The molecule has 1 aromatic heterocycles. The lowest BCUT2D eigenvalue weighted by Crippen LogP contribution is -2.41. The number of carbonyl (C=O) groups is 1. The third-order valence-electron chi connectivity index (χ3n) is 10.2. The van der Waals surface area contributed by atoms with Crippen LogP contribution in [0.2, 0.25) is 5.02 Å². The van der Waals surface area contributed by atoms with Crippen molar-refractivity contribution in [3.8, 4) is 5.75 Å². The number of carbonyl (C=O) groups excluding carboxylic acids is 1. The Balaban J connectivity index is 1.09. The number of anilines is 3. The quantitative estimate of drug-likeness (QED) is 0.244. The summed E-state index contributed by atoms with van der Waals surface area (Å²) in [4.78, 5) is 24.5. The van der Waals surface area contributed by atoms with Gasteiger partial charge in [-0.3, -0.25) is 9.69 Å². The molecule has 0 radical (unpaired) electrons. The number of amides is 1. The summed E-state index contributed by atoms with van der Waals surface area (Å²) in [5, 5.41) is 7.00. The minimum atomic E-state index is -0.488. The molecule has 0 bridgehead atoms. The van der Waals surface area contributed by atoms with Gasteiger partial charge in [-0.25, -0.2) is 14.4 Å². The van der Waals surface area contributed by atoms with Crippen molar-refractivity contribution in [2.24, 2.45) is 23.2 Å². The van der Waals surface area contributed by atoms with Gasteiger partial charge in [-0.1, -0.05) is 36.9 Å². The van der Waals surface area contributed by atoms with Gasteiger partial charge in [-0.15, -0.1) is 0 Å². The van der Waals surface area contributed by atoms with E-state index in [4.69, 9.17) is 16.3 Å². The van der Waals surface area contributed by atoms with E-state index in [9.17, 15) is 9.18 Å². The number of likely N-dealkylation sites (tertiary alicyclic amines) is 1. The van der Waals surface area contributed by atoms with E-state index in [1.165, 1.54) is 76.2 Å². The topological polar surface area (TPSA) is 79.4 Å². The summed E-state index contributed by atoms with van der Waals surface area (Å²) in [6, 6.07) is 8.14. The van der Waals surface area contributed by atoms with Crippen LogP contribution in [0.15, 0.2) is 48.8 Å². The second-order valence-corrected chi connectivity index (χ2v) is 13.6. The number of fused-ring (bicyclic) bond motifs is 2. The molecule has 2 aromatic carbocycles. The van der Waals surface area contributed by atoms with Gasteiger partial charge in [-0.05, 0) is 86.0 Å². The zero-order valence-electron chi connectivity index (χ0n) is 24.5. The van der Waals surface area contributed by atoms with E-state index in [2.05, 4.69) is 25.5 Å². The van der Waals surface area contributed by atoms with Crippen molar-refractivity contribution in [2.45, 2.75) is 57.8 Å². The molecule has 4 fully saturated rings. The number of nitrogens with zero attached hydrogens (tertiary/aromatic N) is 3. The molecular formula is C34H39ClFN5O2. The van der Waals surface area contributed by atoms with E-state index in [0.29, 0.717) is 51.8 Å². The summed E-state index contributed by atoms with van der Waals surface area (Å²) < 4.78 is 20.1. The van der Waals surface area contributed by atoms with Gasteiger partial charge in [-0.2, -0.15) is 0 Å². The Morgan fingerprint density at radius 3 is 2.63 bits per heavy atom. The largest absolute Gasteiger partial charge is 0.491 e. The van der Waals surface area contributed by atoms with Crippen LogP contribution in [-0.2, 0) is 4.79 Å². The molecule has 1 spiro atoms. The molecule has 1 amide bonds. The number of ether oxygens (including phenoxy) is 1. The Bertz CT molecular complexity index is 1520. The third-order valence-corrected chi connectivity index (χ3v) is 10.5. The molecule has 7 nitrogen and oxygen atoms in total. The molecule has 4 aliphatic rings. The molecule has 2 unspecified atom stereocenters. The predicted molar refractivity (Wildman–Crippen MR) is 168 cm³/mol. The number of aromatic nitrogens is 2. The smallest absolute Gasteiger partial charge is 0.248 e. The molecule has 9 heteroatoms. The van der Waals surface area contributed by atoms with Crippen LogP contribution in [0.1, 0.15) is 57.8 Å². The first-order valence-electron chi connectivity index (χ1n) is 15.8. The first-order chi connectivity index (χ1) is 20.9. The van der Waals surface area contributed by atoms with E-state index in [1.807, 2.05) is 18.2 Å². The summed E-state index contributed by atoms with van der Waals surface area (Å²) in [7, 11) is 0. The zero-order valence-corrected chi connectivity index (χ0v) is 25.2. The van der Waals surface area contributed by atoms with Crippen LogP contribution < -0.4 is 15.4 Å². The monoisotopic (exact) mass is 603 g/mol. The molecule has 1 aliphatic heterocycles. The van der Waals surface area contributed by atoms with E-state index in [1.54, 1.807) is 12.1 Å². The van der Waals surface area contributed by atoms with Crippen LogP contribution in [0, 0.1) is 29.0 Å². The van der Waals surface area contributed by atoms with Gasteiger partial charge >= 0.3 is 0 Å².